The second-order valence-electron chi connectivity index (χ2n) is 8.12. The lowest BCUT2D eigenvalue weighted by Crippen LogP contribution is -2.44. The Balaban J connectivity index is 1.32. The van der Waals surface area contributed by atoms with Gasteiger partial charge in [0, 0.05) is 48.9 Å². The first kappa shape index (κ1) is 22.1. The van der Waals surface area contributed by atoms with Gasteiger partial charge < -0.3 is 25.2 Å². The van der Waals surface area contributed by atoms with E-state index in [2.05, 4.69) is 47.4 Å². The Morgan fingerprint density at radius 3 is 2.53 bits per heavy atom. The van der Waals surface area contributed by atoms with Crippen molar-refractivity contribution in [1.29, 1.82) is 0 Å². The SMILES string of the molecule is COc1cc(Nc2nccc(Nc3cnc4ccc(Cl)cc4c3)n2)cnc1N1CCN(C)CC1. The first-order valence-electron chi connectivity index (χ1n) is 11.0. The summed E-state index contributed by atoms with van der Waals surface area (Å²) in [7, 11) is 3.79. The lowest BCUT2D eigenvalue weighted by Gasteiger charge is -2.33. The molecule has 0 unspecified atom stereocenters. The number of pyridine rings is 2. The van der Waals surface area contributed by atoms with Crippen molar-refractivity contribution in [3.8, 4) is 5.75 Å². The van der Waals surface area contributed by atoms with Crippen molar-refractivity contribution in [2.24, 2.45) is 0 Å². The minimum atomic E-state index is 0.443. The second-order valence-corrected chi connectivity index (χ2v) is 8.55. The van der Waals surface area contributed by atoms with Gasteiger partial charge in [0.2, 0.25) is 5.95 Å². The zero-order chi connectivity index (χ0) is 23.5. The third-order valence-electron chi connectivity index (χ3n) is 5.68. The number of piperazine rings is 1. The van der Waals surface area contributed by atoms with Crippen LogP contribution in [-0.4, -0.2) is 65.2 Å². The molecule has 3 aromatic heterocycles. The van der Waals surface area contributed by atoms with E-state index < -0.39 is 0 Å². The Hall–Kier alpha value is -3.69. The van der Waals surface area contributed by atoms with Crippen molar-refractivity contribution in [3.05, 3.63) is 60.0 Å². The van der Waals surface area contributed by atoms with E-state index in [0.717, 1.165) is 54.3 Å². The van der Waals surface area contributed by atoms with Crippen molar-refractivity contribution in [2.45, 2.75) is 0 Å². The molecular formula is C24H25ClN8O. The van der Waals surface area contributed by atoms with Gasteiger partial charge in [-0.05, 0) is 37.4 Å². The first-order valence-corrected chi connectivity index (χ1v) is 11.3. The summed E-state index contributed by atoms with van der Waals surface area (Å²) in [5.74, 6) is 2.64. The average Bonchev–Trinajstić information content (AvgIpc) is 2.84. The largest absolute Gasteiger partial charge is 0.493 e. The van der Waals surface area contributed by atoms with E-state index in [0.29, 0.717) is 22.5 Å². The topological polar surface area (TPSA) is 91.3 Å². The number of benzene rings is 1. The summed E-state index contributed by atoms with van der Waals surface area (Å²) in [6.45, 7) is 3.83. The van der Waals surface area contributed by atoms with E-state index >= 15 is 0 Å². The number of rotatable bonds is 6. The highest BCUT2D eigenvalue weighted by atomic mass is 35.5. The third-order valence-corrected chi connectivity index (χ3v) is 5.92. The molecule has 0 saturated carbocycles. The van der Waals surface area contributed by atoms with Gasteiger partial charge in [-0.25, -0.2) is 9.97 Å². The summed E-state index contributed by atoms with van der Waals surface area (Å²) in [5.41, 5.74) is 2.43. The molecule has 1 aliphatic rings. The third kappa shape index (κ3) is 4.95. The molecule has 10 heteroatoms. The molecule has 1 aliphatic heterocycles. The van der Waals surface area contributed by atoms with E-state index in [1.165, 1.54) is 0 Å². The van der Waals surface area contributed by atoms with Crippen LogP contribution in [0.1, 0.15) is 0 Å². The van der Waals surface area contributed by atoms with Crippen LogP contribution in [0.4, 0.5) is 29.0 Å². The number of nitrogens with one attached hydrogen (secondary N) is 2. The van der Waals surface area contributed by atoms with Crippen LogP contribution in [0.3, 0.4) is 0 Å². The molecule has 0 spiro atoms. The molecule has 1 aromatic carbocycles. The van der Waals surface area contributed by atoms with E-state index in [1.807, 2.05) is 30.3 Å². The molecule has 0 atom stereocenters. The van der Waals surface area contributed by atoms with Crippen LogP contribution in [0.2, 0.25) is 5.02 Å². The number of hydrogen-bond acceptors (Lipinski definition) is 9. The van der Waals surface area contributed by atoms with Crippen molar-refractivity contribution in [1.82, 2.24) is 24.8 Å². The van der Waals surface area contributed by atoms with Crippen LogP contribution < -0.4 is 20.3 Å². The zero-order valence-corrected chi connectivity index (χ0v) is 19.8. The van der Waals surface area contributed by atoms with Gasteiger partial charge >= 0.3 is 0 Å². The maximum absolute atomic E-state index is 6.11. The number of halogens is 1. The van der Waals surface area contributed by atoms with Crippen molar-refractivity contribution < 1.29 is 4.74 Å². The number of likely N-dealkylation sites (N-methyl/N-ethyl adjacent to an activating group) is 1. The summed E-state index contributed by atoms with van der Waals surface area (Å²) < 4.78 is 5.62. The fraction of sp³-hybridized carbons (Fsp3) is 0.250. The predicted molar refractivity (Wildman–Crippen MR) is 136 cm³/mol. The van der Waals surface area contributed by atoms with Gasteiger partial charge in [-0.3, -0.25) is 4.98 Å². The molecule has 34 heavy (non-hydrogen) atoms. The predicted octanol–water partition coefficient (Wildman–Crippen LogP) is 4.32. The first-order chi connectivity index (χ1) is 16.6. The van der Waals surface area contributed by atoms with Gasteiger partial charge in [-0.1, -0.05) is 11.6 Å². The molecule has 174 valence electrons. The highest BCUT2D eigenvalue weighted by molar-refractivity contribution is 6.31. The van der Waals surface area contributed by atoms with Gasteiger partial charge in [-0.2, -0.15) is 4.98 Å². The Morgan fingerprint density at radius 1 is 0.912 bits per heavy atom. The number of methoxy groups -OCH3 is 1. The van der Waals surface area contributed by atoms with E-state index in [4.69, 9.17) is 16.3 Å². The quantitative estimate of drug-likeness (QED) is 0.422. The van der Waals surface area contributed by atoms with Gasteiger partial charge in [0.25, 0.3) is 0 Å². The summed E-state index contributed by atoms with van der Waals surface area (Å²) >= 11 is 6.11. The zero-order valence-electron chi connectivity index (χ0n) is 19.0. The molecule has 0 amide bonds. The monoisotopic (exact) mass is 476 g/mol. The van der Waals surface area contributed by atoms with Crippen LogP contribution in [0.25, 0.3) is 10.9 Å². The second kappa shape index (κ2) is 9.66. The number of aromatic nitrogens is 4. The normalized spacial score (nSPS) is 14.3. The van der Waals surface area contributed by atoms with Gasteiger partial charge in [-0.15, -0.1) is 0 Å². The Morgan fingerprint density at radius 2 is 1.71 bits per heavy atom. The van der Waals surface area contributed by atoms with Gasteiger partial charge in [0.15, 0.2) is 11.6 Å². The molecule has 5 rings (SSSR count). The van der Waals surface area contributed by atoms with Gasteiger partial charge in [0.05, 0.1) is 36.4 Å². The molecule has 4 heterocycles. The Kier molecular flexibility index (Phi) is 6.29. The van der Waals surface area contributed by atoms with Crippen LogP contribution in [0.5, 0.6) is 5.75 Å². The minimum absolute atomic E-state index is 0.443. The molecule has 4 aromatic rings. The summed E-state index contributed by atoms with van der Waals surface area (Å²) in [5, 5.41) is 8.10. The summed E-state index contributed by atoms with van der Waals surface area (Å²) in [6, 6.07) is 11.3. The highest BCUT2D eigenvalue weighted by Crippen LogP contribution is 2.30. The lowest BCUT2D eigenvalue weighted by molar-refractivity contribution is 0.310. The fourth-order valence-corrected chi connectivity index (χ4v) is 4.03. The standard InChI is InChI=1S/C24H25ClN8O/c1-32-7-9-33(10-8-32)23-21(34-2)13-19(15-28-23)30-24-26-6-5-22(31-24)29-18-12-16-11-17(25)3-4-20(16)27-14-18/h3-6,11-15H,7-10H2,1-2H3,(H2,26,29,30,31). The number of fused-ring (bicyclic) bond motifs is 1. The molecule has 1 fully saturated rings. The smallest absolute Gasteiger partial charge is 0.229 e. The van der Waals surface area contributed by atoms with Crippen LogP contribution >= 0.6 is 11.6 Å². The number of nitrogens with zero attached hydrogens (tertiary/aromatic N) is 6. The number of ether oxygens (including phenoxy) is 1. The van der Waals surface area contributed by atoms with Crippen molar-refractivity contribution in [2.75, 3.05) is 55.9 Å². The average molecular weight is 477 g/mol. The molecule has 2 N–H and O–H groups in total. The maximum atomic E-state index is 6.11. The van der Waals surface area contributed by atoms with Crippen LogP contribution in [0.15, 0.2) is 55.0 Å². The lowest BCUT2D eigenvalue weighted by atomic mass is 10.2. The number of hydrogen-bond donors (Lipinski definition) is 2. The van der Waals surface area contributed by atoms with Gasteiger partial charge in [0.1, 0.15) is 5.82 Å². The molecule has 1 saturated heterocycles. The van der Waals surface area contributed by atoms with E-state index in [1.54, 1.807) is 31.8 Å². The highest BCUT2D eigenvalue weighted by Gasteiger charge is 2.19. The molecule has 0 bridgehead atoms. The van der Waals surface area contributed by atoms with E-state index in [9.17, 15) is 0 Å². The minimum Gasteiger partial charge on any atom is -0.493 e. The fourth-order valence-electron chi connectivity index (χ4n) is 3.85. The maximum Gasteiger partial charge on any atom is 0.229 e. The summed E-state index contributed by atoms with van der Waals surface area (Å²) in [4.78, 5) is 22.6. The van der Waals surface area contributed by atoms with Crippen LogP contribution in [-0.2, 0) is 0 Å². The molecule has 9 nitrogen and oxygen atoms in total. The van der Waals surface area contributed by atoms with Crippen LogP contribution in [0, 0.1) is 0 Å². The Bertz CT molecular complexity index is 1310. The molecule has 0 radical (unpaired) electrons. The van der Waals surface area contributed by atoms with Crippen molar-refractivity contribution in [3.63, 3.8) is 0 Å². The van der Waals surface area contributed by atoms with E-state index in [-0.39, 0.29) is 0 Å². The molecular weight excluding hydrogens is 452 g/mol. The van der Waals surface area contributed by atoms with Crippen molar-refractivity contribution >= 4 is 51.5 Å². The Labute approximate surface area is 202 Å². The molecule has 0 aliphatic carbocycles. The number of anilines is 5. The summed E-state index contributed by atoms with van der Waals surface area (Å²) in [6.07, 6.45) is 5.22.